The maximum absolute atomic E-state index is 12.6. The summed E-state index contributed by atoms with van der Waals surface area (Å²) in [7, 11) is 0. The highest BCUT2D eigenvalue weighted by Gasteiger charge is 2.13. The highest BCUT2D eigenvalue weighted by atomic mass is 16.3. The van der Waals surface area contributed by atoms with Gasteiger partial charge in [-0.25, -0.2) is 0 Å². The Kier molecular flexibility index (Phi) is 5.41. The second kappa shape index (κ2) is 7.91. The Morgan fingerprint density at radius 1 is 0.926 bits per heavy atom. The molecule has 0 radical (unpaired) electrons. The first kappa shape index (κ1) is 18.5. The smallest absolute Gasteiger partial charge is 0.291 e. The highest BCUT2D eigenvalue weighted by Crippen LogP contribution is 2.21. The number of carbonyl (C=O) groups excluding carboxylic acids is 2. The third-order valence-corrected chi connectivity index (χ3v) is 4.33. The van der Waals surface area contributed by atoms with Crippen molar-refractivity contribution >= 4 is 23.2 Å². The van der Waals surface area contributed by atoms with Gasteiger partial charge in [-0.2, -0.15) is 0 Å². The van der Waals surface area contributed by atoms with E-state index in [9.17, 15) is 9.59 Å². The van der Waals surface area contributed by atoms with Gasteiger partial charge < -0.3 is 15.1 Å². The Morgan fingerprint density at radius 3 is 2.30 bits per heavy atom. The van der Waals surface area contributed by atoms with Crippen molar-refractivity contribution in [3.05, 3.63) is 83.3 Å². The zero-order chi connectivity index (χ0) is 19.4. The predicted molar refractivity (Wildman–Crippen MR) is 106 cm³/mol. The van der Waals surface area contributed by atoms with E-state index >= 15 is 0 Å². The van der Waals surface area contributed by atoms with Gasteiger partial charge in [-0.15, -0.1) is 0 Å². The molecular weight excluding hydrogens is 340 g/mol. The standard InChI is InChI=1S/C22H22N2O3/c1-14(2)16-8-10-18(11-9-16)23-21(25)17-7-6-15(3)19(13-17)24-22(26)20-5-4-12-27-20/h4-14H,1-3H3,(H,23,25)(H,24,26). The van der Waals surface area contributed by atoms with Crippen molar-refractivity contribution in [1.82, 2.24) is 0 Å². The number of nitrogens with one attached hydrogen (secondary N) is 2. The summed E-state index contributed by atoms with van der Waals surface area (Å²) in [6.45, 7) is 6.11. The first-order valence-corrected chi connectivity index (χ1v) is 8.81. The molecule has 3 aromatic rings. The SMILES string of the molecule is Cc1ccc(C(=O)Nc2ccc(C(C)C)cc2)cc1NC(=O)c1ccco1. The quantitative estimate of drug-likeness (QED) is 0.654. The highest BCUT2D eigenvalue weighted by molar-refractivity contribution is 6.07. The molecular formula is C22H22N2O3. The van der Waals surface area contributed by atoms with Gasteiger partial charge in [0.05, 0.1) is 6.26 Å². The zero-order valence-corrected chi connectivity index (χ0v) is 15.6. The molecule has 1 heterocycles. The number of benzene rings is 2. The van der Waals surface area contributed by atoms with Crippen LogP contribution in [0.1, 0.15) is 51.8 Å². The van der Waals surface area contributed by atoms with Crippen molar-refractivity contribution in [1.29, 1.82) is 0 Å². The first-order chi connectivity index (χ1) is 12.9. The van der Waals surface area contributed by atoms with Crippen LogP contribution >= 0.6 is 0 Å². The van der Waals surface area contributed by atoms with Gasteiger partial charge in [-0.3, -0.25) is 9.59 Å². The van der Waals surface area contributed by atoms with Gasteiger partial charge in [0.1, 0.15) is 0 Å². The van der Waals surface area contributed by atoms with E-state index in [0.717, 1.165) is 11.3 Å². The minimum atomic E-state index is -0.357. The second-order valence-corrected chi connectivity index (χ2v) is 6.69. The minimum Gasteiger partial charge on any atom is -0.459 e. The van der Waals surface area contributed by atoms with E-state index in [1.165, 1.54) is 11.8 Å². The van der Waals surface area contributed by atoms with Crippen LogP contribution in [0.15, 0.2) is 65.3 Å². The molecule has 0 bridgehead atoms. The van der Waals surface area contributed by atoms with E-state index < -0.39 is 0 Å². The molecule has 0 saturated carbocycles. The number of anilines is 2. The lowest BCUT2D eigenvalue weighted by molar-refractivity contribution is 0.0993. The van der Waals surface area contributed by atoms with E-state index in [0.29, 0.717) is 17.2 Å². The maximum atomic E-state index is 12.6. The van der Waals surface area contributed by atoms with Crippen LogP contribution in [0.3, 0.4) is 0 Å². The number of carbonyl (C=O) groups is 2. The molecule has 0 aliphatic rings. The Bertz CT molecular complexity index is 942. The molecule has 2 amide bonds. The lowest BCUT2D eigenvalue weighted by Gasteiger charge is -2.11. The molecule has 0 saturated heterocycles. The van der Waals surface area contributed by atoms with Gasteiger partial charge in [0.2, 0.25) is 0 Å². The molecule has 5 heteroatoms. The van der Waals surface area contributed by atoms with Gasteiger partial charge in [0.15, 0.2) is 5.76 Å². The lowest BCUT2D eigenvalue weighted by Crippen LogP contribution is -2.15. The Labute approximate surface area is 158 Å². The van der Waals surface area contributed by atoms with Crippen LogP contribution in [0.25, 0.3) is 0 Å². The topological polar surface area (TPSA) is 71.3 Å². The fraction of sp³-hybridized carbons (Fsp3) is 0.182. The normalized spacial score (nSPS) is 10.7. The summed E-state index contributed by atoms with van der Waals surface area (Å²) in [5.41, 5.74) is 3.83. The van der Waals surface area contributed by atoms with Crippen molar-refractivity contribution in [2.45, 2.75) is 26.7 Å². The molecule has 3 rings (SSSR count). The van der Waals surface area contributed by atoms with Crippen molar-refractivity contribution in [3.8, 4) is 0 Å². The van der Waals surface area contributed by atoms with E-state index in [2.05, 4.69) is 24.5 Å². The molecule has 0 aliphatic carbocycles. The van der Waals surface area contributed by atoms with E-state index in [-0.39, 0.29) is 17.6 Å². The summed E-state index contributed by atoms with van der Waals surface area (Å²) in [6, 6.07) is 16.2. The fourth-order valence-corrected chi connectivity index (χ4v) is 2.64. The van der Waals surface area contributed by atoms with Gasteiger partial charge in [-0.1, -0.05) is 32.0 Å². The monoisotopic (exact) mass is 362 g/mol. The summed E-state index contributed by atoms with van der Waals surface area (Å²) >= 11 is 0. The molecule has 138 valence electrons. The summed E-state index contributed by atoms with van der Waals surface area (Å²) in [5, 5.41) is 5.66. The molecule has 0 unspecified atom stereocenters. The molecule has 0 atom stereocenters. The number of hydrogen-bond donors (Lipinski definition) is 2. The number of furan rings is 1. The largest absolute Gasteiger partial charge is 0.459 e. The molecule has 0 aliphatic heterocycles. The average molecular weight is 362 g/mol. The number of aryl methyl sites for hydroxylation is 1. The Morgan fingerprint density at radius 2 is 1.67 bits per heavy atom. The number of rotatable bonds is 5. The Hall–Kier alpha value is -3.34. The first-order valence-electron chi connectivity index (χ1n) is 8.81. The fourth-order valence-electron chi connectivity index (χ4n) is 2.64. The van der Waals surface area contributed by atoms with Crippen molar-refractivity contribution in [3.63, 3.8) is 0 Å². The molecule has 27 heavy (non-hydrogen) atoms. The number of hydrogen-bond acceptors (Lipinski definition) is 3. The van der Waals surface area contributed by atoms with Crippen molar-refractivity contribution < 1.29 is 14.0 Å². The molecule has 0 fully saturated rings. The van der Waals surface area contributed by atoms with Crippen LogP contribution in [0.4, 0.5) is 11.4 Å². The number of amides is 2. The van der Waals surface area contributed by atoms with Crippen molar-refractivity contribution in [2.24, 2.45) is 0 Å². The van der Waals surface area contributed by atoms with Crippen LogP contribution in [0, 0.1) is 6.92 Å². The summed E-state index contributed by atoms with van der Waals surface area (Å²) < 4.78 is 5.10. The van der Waals surface area contributed by atoms with Gasteiger partial charge in [0, 0.05) is 16.9 Å². The lowest BCUT2D eigenvalue weighted by atomic mass is 10.0. The predicted octanol–water partition coefficient (Wildman–Crippen LogP) is 5.22. The van der Waals surface area contributed by atoms with Crippen LogP contribution < -0.4 is 10.6 Å². The van der Waals surface area contributed by atoms with Crippen LogP contribution in [0.5, 0.6) is 0 Å². The molecule has 5 nitrogen and oxygen atoms in total. The van der Waals surface area contributed by atoms with E-state index in [1.807, 2.05) is 31.2 Å². The third-order valence-electron chi connectivity index (χ3n) is 4.33. The average Bonchev–Trinajstić information content (AvgIpc) is 3.18. The Balaban J connectivity index is 1.74. The summed E-state index contributed by atoms with van der Waals surface area (Å²) in [6.07, 6.45) is 1.44. The van der Waals surface area contributed by atoms with Crippen molar-refractivity contribution in [2.75, 3.05) is 10.6 Å². The molecule has 2 N–H and O–H groups in total. The summed E-state index contributed by atoms with van der Waals surface area (Å²) in [4.78, 5) is 24.7. The van der Waals surface area contributed by atoms with E-state index in [4.69, 9.17) is 4.42 Å². The molecule has 0 spiro atoms. The maximum Gasteiger partial charge on any atom is 0.291 e. The van der Waals surface area contributed by atoms with Crippen LogP contribution in [0.2, 0.25) is 0 Å². The third kappa shape index (κ3) is 4.44. The molecule has 1 aromatic heterocycles. The van der Waals surface area contributed by atoms with Gasteiger partial charge >= 0.3 is 0 Å². The van der Waals surface area contributed by atoms with Crippen LogP contribution in [-0.2, 0) is 0 Å². The van der Waals surface area contributed by atoms with Crippen LogP contribution in [-0.4, -0.2) is 11.8 Å². The van der Waals surface area contributed by atoms with Gasteiger partial charge in [-0.05, 0) is 60.4 Å². The molecule has 2 aromatic carbocycles. The summed E-state index contributed by atoms with van der Waals surface area (Å²) in [5.74, 6) is 0.0624. The second-order valence-electron chi connectivity index (χ2n) is 6.69. The van der Waals surface area contributed by atoms with Gasteiger partial charge in [0.25, 0.3) is 11.8 Å². The zero-order valence-electron chi connectivity index (χ0n) is 15.6. The minimum absolute atomic E-state index is 0.217. The van der Waals surface area contributed by atoms with E-state index in [1.54, 1.807) is 30.3 Å².